The van der Waals surface area contributed by atoms with E-state index in [9.17, 15) is 61.5 Å². The number of hydrogen-bond donors (Lipinski definition) is 2. The first-order valence-corrected chi connectivity index (χ1v) is 25.9. The molecule has 1 saturated carbocycles. The van der Waals surface area contributed by atoms with Crippen LogP contribution in [0.25, 0.3) is 22.0 Å². The number of pyridine rings is 1. The van der Waals surface area contributed by atoms with Gasteiger partial charge in [0.2, 0.25) is 15.9 Å². The predicted octanol–water partition coefficient (Wildman–Crippen LogP) is 8.55. The molecule has 2 aliphatic carbocycles. The van der Waals surface area contributed by atoms with Crippen molar-refractivity contribution in [3.63, 3.8) is 0 Å². The molecular formula is C44H44ClF10N7O8S2. The van der Waals surface area contributed by atoms with Crippen molar-refractivity contribution in [2.75, 3.05) is 30.0 Å². The fourth-order valence-corrected chi connectivity index (χ4v) is 10.1. The van der Waals surface area contributed by atoms with Crippen LogP contribution in [0.15, 0.2) is 42.5 Å². The topological polar surface area (TPSA) is 196 Å². The second kappa shape index (κ2) is 19.4. The number of alkyl halides is 8. The van der Waals surface area contributed by atoms with E-state index < -0.39 is 149 Å². The molecule has 3 aromatic heterocycles. The Morgan fingerprint density at radius 1 is 0.958 bits per heavy atom. The Hall–Kier alpha value is -5.54. The number of nitrogens with zero attached hydrogens (tertiary/aromatic N) is 6. The van der Waals surface area contributed by atoms with Gasteiger partial charge in [-0.1, -0.05) is 23.7 Å². The van der Waals surface area contributed by atoms with Gasteiger partial charge < -0.3 is 15.2 Å². The molecule has 0 spiro atoms. The third-order valence-corrected chi connectivity index (χ3v) is 15.9. The van der Waals surface area contributed by atoms with Crippen molar-refractivity contribution in [2.45, 2.75) is 100 Å². The zero-order valence-corrected chi connectivity index (χ0v) is 40.7. The highest BCUT2D eigenvalue weighted by atomic mass is 35.5. The van der Waals surface area contributed by atoms with Crippen LogP contribution < -0.4 is 9.62 Å². The molecule has 3 heterocycles. The van der Waals surface area contributed by atoms with Gasteiger partial charge in [0.05, 0.1) is 45.3 Å². The third kappa shape index (κ3) is 11.2. The molecule has 2 aromatic carbocycles. The quantitative estimate of drug-likeness (QED) is 0.0631. The summed E-state index contributed by atoms with van der Waals surface area (Å²) in [4.78, 5) is 32.3. The number of fused-ring (bicyclic) bond motifs is 4. The summed E-state index contributed by atoms with van der Waals surface area (Å²) >= 11 is 6.62. The lowest BCUT2D eigenvalue weighted by molar-refractivity contribution is -0.143. The highest BCUT2D eigenvalue weighted by Gasteiger charge is 2.68. The van der Waals surface area contributed by atoms with Gasteiger partial charge in [0.1, 0.15) is 30.4 Å². The van der Waals surface area contributed by atoms with Gasteiger partial charge in [0.25, 0.3) is 5.92 Å². The summed E-state index contributed by atoms with van der Waals surface area (Å²) in [6.45, 7) is -1.21. The van der Waals surface area contributed by atoms with E-state index in [1.165, 1.54) is 26.0 Å². The number of aliphatic hydroxyl groups is 1. The van der Waals surface area contributed by atoms with E-state index in [0.29, 0.717) is 12.3 Å². The smallest absolute Gasteiger partial charge is 0.435 e. The summed E-state index contributed by atoms with van der Waals surface area (Å²) in [5.41, 5.74) is -5.25. The average Bonchev–Trinajstić information content (AvgIpc) is 3.75. The summed E-state index contributed by atoms with van der Waals surface area (Å²) in [5.74, 6) is -11.0. The van der Waals surface area contributed by atoms with Crippen molar-refractivity contribution in [1.29, 1.82) is 0 Å². The fourth-order valence-electron chi connectivity index (χ4n) is 8.63. The maximum absolute atomic E-state index is 15.6. The summed E-state index contributed by atoms with van der Waals surface area (Å²) < 4.78 is 203. The zero-order chi connectivity index (χ0) is 53.3. The number of nitrogens with one attached hydrogen (secondary N) is 1. The second-order valence-corrected chi connectivity index (χ2v) is 23.1. The van der Waals surface area contributed by atoms with Crippen LogP contribution in [0.5, 0.6) is 0 Å². The third-order valence-electron chi connectivity index (χ3n) is 12.4. The second-order valence-electron chi connectivity index (χ2n) is 18.2. The van der Waals surface area contributed by atoms with Gasteiger partial charge in [-0.3, -0.25) is 19.1 Å². The number of hydrogen-bond acceptors (Lipinski definition) is 11. The number of sulfonamides is 1. The SMILES string of the molecule is CC(C)(CCc1ccc(-c2ccc(Cl)c3c(N(C(=O)OCCCCO)S(C)(=O)=O)nn(CC(F)(F)F)c23)c([C@H](Cc2cc(F)cc(F)c2)NC(=O)Cn2nc(C(F)(F)F)c3c2C(F)(F)C2C[C@H]32)n1)S(C)(=O)=O. The maximum Gasteiger partial charge on any atom is 0.435 e. The summed E-state index contributed by atoms with van der Waals surface area (Å²) in [5, 5.41) is 17.9. The fraction of sp³-hybridized carbons (Fsp3) is 0.477. The Labute approximate surface area is 409 Å². The monoisotopic (exact) mass is 1090 g/mol. The molecule has 0 saturated heterocycles. The minimum Gasteiger partial charge on any atom is -0.448 e. The molecule has 15 nitrogen and oxygen atoms in total. The van der Waals surface area contributed by atoms with Crippen LogP contribution in [0, 0.1) is 17.6 Å². The standard InChI is InChI=1S/C44H44ClF10N7O8S2/c1-41(2,71(3,66)67)12-11-25-7-8-26(27-9-10-30(45)34-36(27)61(21-42(48,49)50)59-39(34)62(72(4,68)69)40(65)70-14-6-5-13-63)35(56-25)31(17-22-15-23(46)18-24(47)16-22)57-32(64)20-60-38-33(37(58-60)44(53,54)55)28-19-29(28)43(38,51)52/h7-10,15-16,18,28-29,31,63H,5-6,11-14,17,19-21H2,1-4H3,(H,57,64)/t28-,29?,31-/m0/s1. The molecule has 2 N–H and O–H groups in total. The number of aliphatic hydroxyl groups excluding tert-OH is 1. The Kier molecular flexibility index (Phi) is 14.6. The van der Waals surface area contributed by atoms with Crippen LogP contribution >= 0.6 is 11.6 Å². The van der Waals surface area contributed by atoms with Crippen LogP contribution in [-0.4, -0.2) is 95.1 Å². The summed E-state index contributed by atoms with van der Waals surface area (Å²) in [6, 6.07) is 5.20. The number of halogens is 11. The Morgan fingerprint density at radius 2 is 1.61 bits per heavy atom. The number of amides is 2. The van der Waals surface area contributed by atoms with E-state index in [4.69, 9.17) is 21.4 Å². The minimum atomic E-state index is -5.21. The average molecular weight is 1090 g/mol. The Bertz CT molecular complexity index is 3160. The highest BCUT2D eigenvalue weighted by molar-refractivity contribution is 7.92. The number of carbonyl (C=O) groups excluding carboxylic acids is 2. The number of ether oxygens (including phenoxy) is 1. The van der Waals surface area contributed by atoms with E-state index in [1.807, 2.05) is 0 Å². The molecule has 3 atom stereocenters. The first-order chi connectivity index (χ1) is 33.2. The molecule has 2 amide bonds. The van der Waals surface area contributed by atoms with Gasteiger partial charge in [-0.05, 0) is 88.1 Å². The number of sulfone groups is 1. The molecule has 72 heavy (non-hydrogen) atoms. The van der Waals surface area contributed by atoms with Crippen LogP contribution in [0.2, 0.25) is 5.02 Å². The van der Waals surface area contributed by atoms with Crippen molar-refractivity contribution in [2.24, 2.45) is 5.92 Å². The first kappa shape index (κ1) is 54.2. The minimum absolute atomic E-state index is 0.0344. The van der Waals surface area contributed by atoms with E-state index in [1.54, 1.807) is 0 Å². The molecule has 7 rings (SSSR count). The highest BCUT2D eigenvalue weighted by Crippen LogP contribution is 2.68. The number of unbranched alkanes of at least 4 members (excludes halogenated alkanes) is 1. The molecule has 28 heteroatoms. The normalized spacial score (nSPS) is 17.2. The molecule has 5 aromatic rings. The van der Waals surface area contributed by atoms with Crippen molar-refractivity contribution in [3.8, 4) is 11.1 Å². The maximum atomic E-state index is 15.6. The van der Waals surface area contributed by atoms with Crippen molar-refractivity contribution in [1.82, 2.24) is 29.9 Å². The molecule has 2 aliphatic rings. The number of rotatable bonds is 18. The van der Waals surface area contributed by atoms with Gasteiger partial charge in [0.15, 0.2) is 21.3 Å². The molecule has 1 unspecified atom stereocenters. The number of aryl methyl sites for hydroxylation is 1. The Balaban J connectivity index is 1.45. The Morgan fingerprint density at radius 3 is 2.21 bits per heavy atom. The number of anilines is 1. The summed E-state index contributed by atoms with van der Waals surface area (Å²) in [6.07, 6.45) is -11.5. The van der Waals surface area contributed by atoms with Crippen LogP contribution in [-0.2, 0) is 67.4 Å². The lowest BCUT2D eigenvalue weighted by Crippen LogP contribution is -2.37. The predicted molar refractivity (Wildman–Crippen MR) is 239 cm³/mol. The van der Waals surface area contributed by atoms with E-state index in [2.05, 4.69) is 20.5 Å². The van der Waals surface area contributed by atoms with Gasteiger partial charge >= 0.3 is 18.4 Å². The van der Waals surface area contributed by atoms with Gasteiger partial charge in [-0.2, -0.15) is 49.6 Å². The largest absolute Gasteiger partial charge is 0.448 e. The van der Waals surface area contributed by atoms with Gasteiger partial charge in [-0.25, -0.2) is 30.4 Å². The molecule has 0 aliphatic heterocycles. The molecule has 0 radical (unpaired) electrons. The molecular weight excluding hydrogens is 1040 g/mol. The number of carbonyl (C=O) groups is 2. The van der Waals surface area contributed by atoms with Crippen LogP contribution in [0.3, 0.4) is 0 Å². The van der Waals surface area contributed by atoms with Crippen LogP contribution in [0.1, 0.15) is 85.4 Å². The molecule has 392 valence electrons. The first-order valence-electron chi connectivity index (χ1n) is 21.8. The van der Waals surface area contributed by atoms with E-state index in [0.717, 1.165) is 30.5 Å². The lowest BCUT2D eigenvalue weighted by atomic mass is 9.93. The number of aromatic nitrogens is 5. The summed E-state index contributed by atoms with van der Waals surface area (Å²) in [7, 11) is -8.55. The number of benzene rings is 2. The van der Waals surface area contributed by atoms with Gasteiger partial charge in [-0.15, -0.1) is 0 Å². The zero-order valence-electron chi connectivity index (χ0n) is 38.3. The van der Waals surface area contributed by atoms with Gasteiger partial charge in [0, 0.05) is 47.2 Å². The van der Waals surface area contributed by atoms with Crippen molar-refractivity contribution in [3.05, 3.63) is 93.0 Å². The van der Waals surface area contributed by atoms with Crippen molar-refractivity contribution < 1.29 is 80.2 Å². The molecule has 1 fully saturated rings. The van der Waals surface area contributed by atoms with E-state index >= 15 is 8.78 Å². The molecule has 0 bridgehead atoms. The van der Waals surface area contributed by atoms with E-state index in [-0.39, 0.29) is 80.5 Å². The lowest BCUT2D eigenvalue weighted by Gasteiger charge is -2.25. The van der Waals surface area contributed by atoms with Crippen LogP contribution in [0.4, 0.5) is 54.5 Å². The van der Waals surface area contributed by atoms with Crippen molar-refractivity contribution >= 4 is 60.2 Å².